The number of esters is 1. The van der Waals surface area contributed by atoms with Gasteiger partial charge in [-0.25, -0.2) is 9.18 Å². The number of amides is 1. The number of aromatic nitrogens is 3. The third-order valence-electron chi connectivity index (χ3n) is 2.97. The third-order valence-corrected chi connectivity index (χ3v) is 4.25. The maximum Gasteiger partial charge on any atom is 0.351 e. The molecule has 1 atom stereocenters. The summed E-state index contributed by atoms with van der Waals surface area (Å²) in [6, 6.07) is 0.909. The molecule has 2 rings (SSSR count). The molecule has 0 fully saturated rings. The Kier molecular flexibility index (Phi) is 5.97. The van der Waals surface area contributed by atoms with Crippen LogP contribution in [0.2, 0.25) is 0 Å². The normalized spacial score (nSPS) is 11.7. The summed E-state index contributed by atoms with van der Waals surface area (Å²) in [5.41, 5.74) is 0. The number of rotatable bonds is 6. The first-order valence-electron chi connectivity index (χ1n) is 7.53. The van der Waals surface area contributed by atoms with Crippen molar-refractivity contribution >= 4 is 35.1 Å². The second-order valence-corrected chi connectivity index (χ2v) is 6.21. The lowest BCUT2D eigenvalue weighted by atomic mass is 10.2. The van der Waals surface area contributed by atoms with Gasteiger partial charge in [0.15, 0.2) is 0 Å². The molecule has 0 aliphatic carbocycles. The molecule has 2 N–H and O–H groups in total. The van der Waals surface area contributed by atoms with E-state index in [1.165, 1.54) is 13.0 Å². The summed E-state index contributed by atoms with van der Waals surface area (Å²) in [6.07, 6.45) is 0. The van der Waals surface area contributed by atoms with Crippen LogP contribution in [-0.4, -0.2) is 33.4 Å². The number of ether oxygens (including phenoxy) is 1. The number of thiophene rings is 1. The van der Waals surface area contributed by atoms with Crippen LogP contribution >= 0.6 is 11.3 Å². The average Bonchev–Trinajstić information content (AvgIpc) is 2.88. The van der Waals surface area contributed by atoms with Crippen molar-refractivity contribution in [2.75, 3.05) is 17.2 Å². The van der Waals surface area contributed by atoms with Gasteiger partial charge in [-0.15, -0.1) is 11.3 Å². The highest BCUT2D eigenvalue weighted by molar-refractivity contribution is 7.14. The molecule has 10 heteroatoms. The van der Waals surface area contributed by atoms with E-state index in [1.807, 2.05) is 0 Å². The van der Waals surface area contributed by atoms with Crippen molar-refractivity contribution in [2.24, 2.45) is 0 Å². The molecule has 0 saturated carbocycles. The van der Waals surface area contributed by atoms with E-state index in [0.717, 1.165) is 11.3 Å². The van der Waals surface area contributed by atoms with Gasteiger partial charge in [0.2, 0.25) is 17.8 Å². The van der Waals surface area contributed by atoms with Crippen LogP contribution in [0.1, 0.15) is 47.2 Å². The molecule has 1 amide bonds. The third kappa shape index (κ3) is 4.92. The molecule has 0 aliphatic rings. The number of carbonyl (C=O) groups is 2. The predicted octanol–water partition coefficient (Wildman–Crippen LogP) is 2.69. The molecule has 2 aromatic heterocycles. The minimum atomic E-state index is -0.688. The SMILES string of the molecule is CCOC(=O)c1sc(C(C)Nc2nc(C)nc(NC(C)=O)n2)cc1F. The summed E-state index contributed by atoms with van der Waals surface area (Å²) in [6.45, 7) is 6.61. The fourth-order valence-electron chi connectivity index (χ4n) is 1.96. The Morgan fingerprint density at radius 3 is 2.64 bits per heavy atom. The summed E-state index contributed by atoms with van der Waals surface area (Å²) in [5, 5.41) is 5.48. The molecule has 8 nitrogen and oxygen atoms in total. The fourth-order valence-corrected chi connectivity index (χ4v) is 2.89. The van der Waals surface area contributed by atoms with Gasteiger partial charge in [0.1, 0.15) is 16.5 Å². The van der Waals surface area contributed by atoms with Crippen LogP contribution < -0.4 is 10.6 Å². The van der Waals surface area contributed by atoms with Crippen molar-refractivity contribution in [1.82, 2.24) is 15.0 Å². The van der Waals surface area contributed by atoms with Crippen LogP contribution in [-0.2, 0) is 9.53 Å². The van der Waals surface area contributed by atoms with Gasteiger partial charge in [-0.2, -0.15) is 15.0 Å². The van der Waals surface area contributed by atoms with Crippen LogP contribution in [0, 0.1) is 12.7 Å². The summed E-state index contributed by atoms with van der Waals surface area (Å²) in [5.74, 6) is -0.846. The number of carbonyl (C=O) groups excluding carboxylic acids is 2. The first-order chi connectivity index (χ1) is 11.8. The van der Waals surface area contributed by atoms with Gasteiger partial charge >= 0.3 is 5.97 Å². The van der Waals surface area contributed by atoms with E-state index < -0.39 is 11.8 Å². The molecular weight excluding hydrogens is 349 g/mol. The highest BCUT2D eigenvalue weighted by atomic mass is 32.1. The van der Waals surface area contributed by atoms with E-state index in [-0.39, 0.29) is 35.3 Å². The molecule has 0 spiro atoms. The molecule has 0 aromatic carbocycles. The Morgan fingerprint density at radius 1 is 1.32 bits per heavy atom. The van der Waals surface area contributed by atoms with Crippen molar-refractivity contribution in [3.63, 3.8) is 0 Å². The molecular formula is C15H18FN5O3S. The topological polar surface area (TPSA) is 106 Å². The summed E-state index contributed by atoms with van der Waals surface area (Å²) >= 11 is 1.00. The van der Waals surface area contributed by atoms with E-state index in [9.17, 15) is 14.0 Å². The molecule has 0 aliphatic heterocycles. The van der Waals surface area contributed by atoms with Crippen molar-refractivity contribution in [3.8, 4) is 0 Å². The lowest BCUT2D eigenvalue weighted by Crippen LogP contribution is -2.14. The largest absolute Gasteiger partial charge is 0.462 e. The van der Waals surface area contributed by atoms with E-state index >= 15 is 0 Å². The highest BCUT2D eigenvalue weighted by Gasteiger charge is 2.21. The number of hydrogen-bond acceptors (Lipinski definition) is 8. The van der Waals surface area contributed by atoms with Gasteiger partial charge in [0, 0.05) is 11.8 Å². The van der Waals surface area contributed by atoms with Crippen LogP contribution in [0.3, 0.4) is 0 Å². The number of nitrogens with zero attached hydrogens (tertiary/aromatic N) is 3. The zero-order valence-corrected chi connectivity index (χ0v) is 15.0. The summed E-state index contributed by atoms with van der Waals surface area (Å²) in [4.78, 5) is 35.6. The Bertz CT molecular complexity index is 795. The molecule has 0 saturated heterocycles. The predicted molar refractivity (Wildman–Crippen MR) is 91.1 cm³/mol. The van der Waals surface area contributed by atoms with Crippen molar-refractivity contribution < 1.29 is 18.7 Å². The number of hydrogen-bond donors (Lipinski definition) is 2. The van der Waals surface area contributed by atoms with Crippen molar-refractivity contribution in [2.45, 2.75) is 33.7 Å². The number of aryl methyl sites for hydroxylation is 1. The lowest BCUT2D eigenvalue weighted by molar-refractivity contribution is -0.114. The van der Waals surface area contributed by atoms with Gasteiger partial charge in [-0.1, -0.05) is 0 Å². The van der Waals surface area contributed by atoms with Gasteiger partial charge in [0.25, 0.3) is 0 Å². The quantitative estimate of drug-likeness (QED) is 0.756. The fraction of sp³-hybridized carbons (Fsp3) is 0.400. The molecule has 1 unspecified atom stereocenters. The van der Waals surface area contributed by atoms with Crippen molar-refractivity contribution in [3.05, 3.63) is 27.5 Å². The van der Waals surface area contributed by atoms with Crippen LogP contribution in [0.5, 0.6) is 0 Å². The van der Waals surface area contributed by atoms with E-state index in [4.69, 9.17) is 4.74 Å². The average molecular weight is 367 g/mol. The maximum atomic E-state index is 13.9. The first-order valence-corrected chi connectivity index (χ1v) is 8.35. The minimum absolute atomic E-state index is 0.0729. The molecule has 2 heterocycles. The van der Waals surface area contributed by atoms with Crippen molar-refractivity contribution in [1.29, 1.82) is 0 Å². The second-order valence-electron chi connectivity index (χ2n) is 5.12. The lowest BCUT2D eigenvalue weighted by Gasteiger charge is -2.13. The molecule has 2 aromatic rings. The molecule has 0 radical (unpaired) electrons. The zero-order chi connectivity index (χ0) is 18.6. The molecule has 134 valence electrons. The molecule has 25 heavy (non-hydrogen) atoms. The van der Waals surface area contributed by atoms with Crippen LogP contribution in [0.25, 0.3) is 0 Å². The molecule has 0 bridgehead atoms. The highest BCUT2D eigenvalue weighted by Crippen LogP contribution is 2.29. The second kappa shape index (κ2) is 7.97. The number of nitrogens with one attached hydrogen (secondary N) is 2. The Morgan fingerprint density at radius 2 is 2.00 bits per heavy atom. The minimum Gasteiger partial charge on any atom is -0.462 e. The Hall–Kier alpha value is -2.62. The maximum absolute atomic E-state index is 13.9. The number of halogens is 1. The van der Waals surface area contributed by atoms with Gasteiger partial charge in [0.05, 0.1) is 12.6 Å². The summed E-state index contributed by atoms with van der Waals surface area (Å²) in [7, 11) is 0. The zero-order valence-electron chi connectivity index (χ0n) is 14.2. The number of anilines is 2. The monoisotopic (exact) mass is 367 g/mol. The van der Waals surface area contributed by atoms with E-state index in [1.54, 1.807) is 20.8 Å². The van der Waals surface area contributed by atoms with E-state index in [2.05, 4.69) is 25.6 Å². The first kappa shape index (κ1) is 18.7. The van der Waals surface area contributed by atoms with E-state index in [0.29, 0.717) is 10.7 Å². The summed E-state index contributed by atoms with van der Waals surface area (Å²) < 4.78 is 18.8. The Labute approximate surface area is 147 Å². The van der Waals surface area contributed by atoms with Crippen LogP contribution in [0.4, 0.5) is 16.3 Å². The standard InChI is InChI=1S/C15H18FN5O3S/c1-5-24-13(23)12-10(16)6-11(25-12)7(2)17-14-18-8(3)19-15(21-14)20-9(4)22/h6-7H,5H2,1-4H3,(H2,17,18,19,20,21,22). The van der Waals surface area contributed by atoms with Crippen LogP contribution in [0.15, 0.2) is 6.07 Å². The van der Waals surface area contributed by atoms with Gasteiger partial charge in [-0.3, -0.25) is 10.1 Å². The van der Waals surface area contributed by atoms with Gasteiger partial charge in [-0.05, 0) is 26.8 Å². The van der Waals surface area contributed by atoms with Gasteiger partial charge < -0.3 is 10.1 Å². The Balaban J connectivity index is 2.18. The smallest absolute Gasteiger partial charge is 0.351 e.